The third-order valence-corrected chi connectivity index (χ3v) is 5.84. The summed E-state index contributed by atoms with van der Waals surface area (Å²) in [5.41, 5.74) is -0.0951. The number of piperidine rings is 1. The lowest BCUT2D eigenvalue weighted by atomic mass is 9.96. The first-order chi connectivity index (χ1) is 14.4. The Hall–Kier alpha value is -2.71. The van der Waals surface area contributed by atoms with Crippen molar-refractivity contribution in [1.29, 1.82) is 0 Å². The molecule has 9 heteroatoms. The van der Waals surface area contributed by atoms with Crippen LogP contribution in [-0.2, 0) is 11.0 Å². The fraction of sp³-hybridized carbons (Fsp3) is 0.524. The zero-order valence-electron chi connectivity index (χ0n) is 16.5. The summed E-state index contributed by atoms with van der Waals surface area (Å²) in [7, 11) is 0. The van der Waals surface area contributed by atoms with Crippen molar-refractivity contribution in [2.75, 3.05) is 11.9 Å². The minimum absolute atomic E-state index is 0.0181. The Balaban J connectivity index is 1.54. The van der Waals surface area contributed by atoms with Crippen molar-refractivity contribution in [1.82, 2.24) is 19.9 Å². The van der Waals surface area contributed by atoms with Crippen LogP contribution in [-0.4, -0.2) is 32.3 Å². The van der Waals surface area contributed by atoms with Gasteiger partial charge in [0.2, 0.25) is 11.9 Å². The summed E-state index contributed by atoms with van der Waals surface area (Å²) >= 11 is 0. The Morgan fingerprint density at radius 1 is 1.03 bits per heavy atom. The zero-order chi connectivity index (χ0) is 21.1. The fourth-order valence-corrected chi connectivity index (χ4v) is 4.32. The molecular formula is C21H24F3N5O. The van der Waals surface area contributed by atoms with Crippen LogP contribution in [0.5, 0.6) is 0 Å². The molecule has 2 aromatic rings. The molecule has 4 rings (SSSR count). The maximum Gasteiger partial charge on any atom is 0.416 e. The number of pyridine rings is 1. The minimum atomic E-state index is -4.45. The predicted octanol–water partition coefficient (Wildman–Crippen LogP) is 4.88. The molecular weight excluding hydrogens is 395 g/mol. The number of aromatic nitrogens is 3. The Kier molecular flexibility index (Phi) is 5.87. The molecule has 30 heavy (non-hydrogen) atoms. The van der Waals surface area contributed by atoms with Gasteiger partial charge in [0.15, 0.2) is 0 Å². The van der Waals surface area contributed by atoms with E-state index in [9.17, 15) is 18.0 Å². The quantitative estimate of drug-likeness (QED) is 0.765. The van der Waals surface area contributed by atoms with Crippen molar-refractivity contribution in [3.63, 3.8) is 0 Å². The van der Waals surface area contributed by atoms with Gasteiger partial charge >= 0.3 is 6.18 Å². The maximum atomic E-state index is 13.0. The van der Waals surface area contributed by atoms with E-state index in [4.69, 9.17) is 0 Å². The van der Waals surface area contributed by atoms with E-state index in [0.29, 0.717) is 12.2 Å². The molecule has 0 radical (unpaired) electrons. The lowest BCUT2D eigenvalue weighted by Crippen LogP contribution is -2.41. The highest BCUT2D eigenvalue weighted by Crippen LogP contribution is 2.35. The van der Waals surface area contributed by atoms with Gasteiger partial charge in [0.05, 0.1) is 17.3 Å². The van der Waals surface area contributed by atoms with Gasteiger partial charge in [-0.3, -0.25) is 4.79 Å². The Morgan fingerprint density at radius 3 is 2.53 bits per heavy atom. The third-order valence-electron chi connectivity index (χ3n) is 5.84. The average Bonchev–Trinajstić information content (AvgIpc) is 3.28. The molecule has 1 amide bonds. The van der Waals surface area contributed by atoms with Crippen LogP contribution < -0.4 is 5.32 Å². The van der Waals surface area contributed by atoms with Crippen LogP contribution in [0, 0.1) is 5.92 Å². The summed E-state index contributed by atoms with van der Waals surface area (Å²) in [6.45, 7) is 0.710. The van der Waals surface area contributed by atoms with Gasteiger partial charge in [-0.05, 0) is 50.3 Å². The van der Waals surface area contributed by atoms with Gasteiger partial charge in [-0.2, -0.15) is 13.2 Å². The number of halogens is 3. The fourth-order valence-electron chi connectivity index (χ4n) is 4.32. The van der Waals surface area contributed by atoms with Crippen molar-refractivity contribution < 1.29 is 18.0 Å². The monoisotopic (exact) mass is 419 g/mol. The Bertz CT molecular complexity index is 898. The van der Waals surface area contributed by atoms with E-state index in [1.807, 2.05) is 4.90 Å². The molecule has 0 bridgehead atoms. The molecule has 2 fully saturated rings. The third kappa shape index (κ3) is 4.55. The second kappa shape index (κ2) is 8.57. The van der Waals surface area contributed by atoms with Gasteiger partial charge < -0.3 is 10.2 Å². The molecule has 1 saturated heterocycles. The standard InChI is InChI=1S/C21H24F3N5O/c22-21(23,24)15-8-10-25-18(13-15)28-20-26-11-9-16(27-20)17-7-3-4-12-29(17)19(30)14-5-1-2-6-14/h8-11,13-14,17H,1-7,12H2,(H,25,26,27,28)/t17-/m1/s1. The molecule has 2 aromatic heterocycles. The Morgan fingerprint density at radius 2 is 1.77 bits per heavy atom. The molecule has 6 nitrogen and oxygen atoms in total. The largest absolute Gasteiger partial charge is 0.416 e. The van der Waals surface area contributed by atoms with Crippen LogP contribution in [0.1, 0.15) is 62.2 Å². The smallest absolute Gasteiger partial charge is 0.334 e. The minimum Gasteiger partial charge on any atom is -0.334 e. The molecule has 0 spiro atoms. The molecule has 1 N–H and O–H groups in total. The van der Waals surface area contributed by atoms with Gasteiger partial charge in [-0.1, -0.05) is 12.8 Å². The van der Waals surface area contributed by atoms with E-state index in [1.165, 1.54) is 0 Å². The van der Waals surface area contributed by atoms with Crippen LogP contribution >= 0.6 is 0 Å². The summed E-state index contributed by atoms with van der Waals surface area (Å²) in [5, 5.41) is 2.76. The van der Waals surface area contributed by atoms with Gasteiger partial charge in [0.25, 0.3) is 0 Å². The van der Waals surface area contributed by atoms with E-state index < -0.39 is 11.7 Å². The SMILES string of the molecule is O=C(C1CCCC1)N1CCCC[C@@H]1c1ccnc(Nc2cc(C(F)(F)F)ccn2)n1. The van der Waals surface area contributed by atoms with Gasteiger partial charge in [0, 0.05) is 24.9 Å². The highest BCUT2D eigenvalue weighted by atomic mass is 19.4. The topological polar surface area (TPSA) is 71.0 Å². The van der Waals surface area contributed by atoms with Crippen LogP contribution in [0.3, 0.4) is 0 Å². The molecule has 1 saturated carbocycles. The van der Waals surface area contributed by atoms with Gasteiger partial charge in [-0.25, -0.2) is 15.0 Å². The molecule has 1 aliphatic carbocycles. The van der Waals surface area contributed by atoms with Gasteiger partial charge in [-0.15, -0.1) is 0 Å². The number of nitrogens with one attached hydrogen (secondary N) is 1. The average molecular weight is 419 g/mol. The predicted molar refractivity (Wildman–Crippen MR) is 105 cm³/mol. The second-order valence-corrected chi connectivity index (χ2v) is 7.88. The number of likely N-dealkylation sites (tertiary alicyclic amines) is 1. The van der Waals surface area contributed by atoms with Crippen LogP contribution in [0.2, 0.25) is 0 Å². The molecule has 0 unspecified atom stereocenters. The normalized spacial score (nSPS) is 20.4. The Labute approximate surface area is 172 Å². The molecule has 0 aromatic carbocycles. The summed E-state index contributed by atoms with van der Waals surface area (Å²) in [6.07, 6.45) is 5.08. The van der Waals surface area contributed by atoms with E-state index in [0.717, 1.165) is 63.3 Å². The number of carbonyl (C=O) groups excluding carboxylic acids is 1. The number of anilines is 2. The summed E-state index contributed by atoms with van der Waals surface area (Å²) in [4.78, 5) is 27.5. The second-order valence-electron chi connectivity index (χ2n) is 7.88. The van der Waals surface area contributed by atoms with Crippen molar-refractivity contribution >= 4 is 17.7 Å². The summed E-state index contributed by atoms with van der Waals surface area (Å²) in [6, 6.07) is 3.48. The first kappa shape index (κ1) is 20.6. The van der Waals surface area contributed by atoms with Crippen molar-refractivity contribution in [2.24, 2.45) is 5.92 Å². The zero-order valence-corrected chi connectivity index (χ0v) is 16.5. The van der Waals surface area contributed by atoms with Crippen LogP contribution in [0.25, 0.3) is 0 Å². The lowest BCUT2D eigenvalue weighted by molar-refractivity contribution is -0.139. The van der Waals surface area contributed by atoms with Crippen molar-refractivity contribution in [3.05, 3.63) is 41.9 Å². The molecule has 2 aliphatic rings. The van der Waals surface area contributed by atoms with Crippen molar-refractivity contribution in [2.45, 2.75) is 57.2 Å². The first-order valence-corrected chi connectivity index (χ1v) is 10.4. The van der Waals surface area contributed by atoms with E-state index >= 15 is 0 Å². The number of amides is 1. The summed E-state index contributed by atoms with van der Waals surface area (Å²) in [5.74, 6) is 0.479. The molecule has 3 heterocycles. The van der Waals surface area contributed by atoms with Gasteiger partial charge in [0.1, 0.15) is 5.82 Å². The molecule has 1 atom stereocenters. The maximum absolute atomic E-state index is 13.0. The number of hydrogen-bond donors (Lipinski definition) is 1. The number of hydrogen-bond acceptors (Lipinski definition) is 5. The van der Waals surface area contributed by atoms with Crippen LogP contribution in [0.4, 0.5) is 24.9 Å². The number of nitrogens with zero attached hydrogens (tertiary/aromatic N) is 4. The lowest BCUT2D eigenvalue weighted by Gasteiger charge is -2.37. The van der Waals surface area contributed by atoms with E-state index in [-0.39, 0.29) is 29.6 Å². The number of rotatable bonds is 4. The van der Waals surface area contributed by atoms with E-state index in [1.54, 1.807) is 12.3 Å². The molecule has 160 valence electrons. The summed E-state index contributed by atoms with van der Waals surface area (Å²) < 4.78 is 38.8. The highest BCUT2D eigenvalue weighted by molar-refractivity contribution is 5.79. The number of alkyl halides is 3. The van der Waals surface area contributed by atoms with E-state index in [2.05, 4.69) is 20.3 Å². The van der Waals surface area contributed by atoms with Crippen molar-refractivity contribution in [3.8, 4) is 0 Å². The highest BCUT2D eigenvalue weighted by Gasteiger charge is 2.34. The number of carbonyl (C=O) groups is 1. The molecule has 1 aliphatic heterocycles. The first-order valence-electron chi connectivity index (χ1n) is 10.4. The van der Waals surface area contributed by atoms with Crippen LogP contribution in [0.15, 0.2) is 30.6 Å².